The third-order valence-corrected chi connectivity index (χ3v) is 0.913. The Morgan fingerprint density at radius 3 is 1.50 bits per heavy atom. The molecule has 0 N–H and O–H groups in total. The van der Waals surface area contributed by atoms with Crippen LogP contribution in [0.1, 0.15) is 2.85 Å². The van der Waals surface area contributed by atoms with Gasteiger partial charge in [-0.3, -0.25) is 0 Å². The molecule has 0 spiro atoms. The SMILES string of the molecule is O=[N+]([O-])OS(=O)(=O)O[N+](=O)[O-].[H-].[H-].[Pt+2]. The van der Waals surface area contributed by atoms with Gasteiger partial charge in [-0.25, -0.2) is 0 Å². The largest absolute Gasteiger partial charge is 2.00 e. The molecule has 0 aromatic carbocycles. The van der Waals surface area contributed by atoms with Crippen LogP contribution < -0.4 is 0 Å². The molecule has 12 heavy (non-hydrogen) atoms. The summed E-state index contributed by atoms with van der Waals surface area (Å²) < 4.78 is 25.4. The molecule has 0 aliphatic rings. The average Bonchev–Trinajstić information content (AvgIpc) is 1.53. The van der Waals surface area contributed by atoms with Gasteiger partial charge in [0.25, 0.3) is 0 Å². The first kappa shape index (κ1) is 13.6. The molecular weight excluding hydrogens is 383 g/mol. The van der Waals surface area contributed by atoms with E-state index in [0.29, 0.717) is 0 Å². The summed E-state index contributed by atoms with van der Waals surface area (Å²) in [6.45, 7) is 0. The first-order valence-corrected chi connectivity index (χ1v) is 3.10. The summed E-state index contributed by atoms with van der Waals surface area (Å²) in [4.78, 5) is 18.6. The molecule has 0 bridgehead atoms. The van der Waals surface area contributed by atoms with Crippen LogP contribution in [-0.4, -0.2) is 18.6 Å². The number of hydrogen-bond donors (Lipinski definition) is 0. The Balaban J connectivity index is -0.000000167. The summed E-state index contributed by atoms with van der Waals surface area (Å²) in [6.07, 6.45) is 0. The zero-order chi connectivity index (χ0) is 9.07. The standard InChI is InChI=1S/N2O8S.Pt.2H/c3-1(4)9-11(7,8)10-2(5)6;;;/q;+2;2*-1. The van der Waals surface area contributed by atoms with Gasteiger partial charge in [-0.05, 0) is 0 Å². The maximum absolute atomic E-state index is 9.92. The number of nitrogens with zero attached hydrogens (tertiary/aromatic N) is 2. The molecule has 0 aromatic heterocycles. The van der Waals surface area contributed by atoms with Gasteiger partial charge >= 0.3 is 41.6 Å². The van der Waals surface area contributed by atoms with Crippen molar-refractivity contribution in [3.8, 4) is 0 Å². The molecule has 0 fully saturated rings. The van der Waals surface area contributed by atoms with E-state index < -0.39 is 20.6 Å². The van der Waals surface area contributed by atoms with E-state index in [2.05, 4.69) is 8.57 Å². The molecule has 12 heteroatoms. The van der Waals surface area contributed by atoms with Crippen molar-refractivity contribution in [1.82, 2.24) is 0 Å². The van der Waals surface area contributed by atoms with Crippen molar-refractivity contribution in [2.24, 2.45) is 0 Å². The van der Waals surface area contributed by atoms with E-state index in [-0.39, 0.29) is 23.9 Å². The predicted molar refractivity (Wildman–Crippen MR) is 27.3 cm³/mol. The second kappa shape index (κ2) is 4.82. The van der Waals surface area contributed by atoms with Gasteiger partial charge in [0.15, 0.2) is 0 Å². The van der Waals surface area contributed by atoms with E-state index in [1.807, 2.05) is 0 Å². The van der Waals surface area contributed by atoms with E-state index in [4.69, 9.17) is 0 Å². The van der Waals surface area contributed by atoms with Crippen molar-refractivity contribution in [1.29, 1.82) is 0 Å². The summed E-state index contributed by atoms with van der Waals surface area (Å²) in [5, 5.41) is 15.1. The minimum atomic E-state index is -5.18. The summed E-state index contributed by atoms with van der Waals surface area (Å²) >= 11 is 0. The smallest absolute Gasteiger partial charge is 1.00 e. The molecule has 0 heterocycles. The first-order chi connectivity index (χ1) is 4.83. The minimum absolute atomic E-state index is 0. The Hall–Kier alpha value is -0.962. The fourth-order valence-electron chi connectivity index (χ4n) is 0.163. The molecule has 0 rings (SSSR count). The minimum Gasteiger partial charge on any atom is -1.00 e. The van der Waals surface area contributed by atoms with Crippen molar-refractivity contribution >= 4 is 10.4 Å². The molecule has 0 radical (unpaired) electrons. The van der Waals surface area contributed by atoms with Crippen LogP contribution in [-0.2, 0) is 40.0 Å². The topological polar surface area (TPSA) is 139 Å². The molecule has 0 amide bonds. The van der Waals surface area contributed by atoms with Crippen LogP contribution in [0, 0.1) is 20.2 Å². The molecule has 0 aliphatic carbocycles. The summed E-state index contributed by atoms with van der Waals surface area (Å²) in [7, 11) is -5.18. The third kappa shape index (κ3) is 7.15. The summed E-state index contributed by atoms with van der Waals surface area (Å²) in [6, 6.07) is 0. The fraction of sp³-hybridized carbons (Fsp3) is 0. The van der Waals surface area contributed by atoms with Gasteiger partial charge < -0.3 is 2.85 Å². The van der Waals surface area contributed by atoms with Crippen LogP contribution in [0.3, 0.4) is 0 Å². The predicted octanol–water partition coefficient (Wildman–Crippen LogP) is -1.13. The molecule has 0 unspecified atom stereocenters. The Morgan fingerprint density at radius 1 is 1.08 bits per heavy atom. The average molecular weight is 385 g/mol. The van der Waals surface area contributed by atoms with Crippen LogP contribution in [0.5, 0.6) is 0 Å². The van der Waals surface area contributed by atoms with E-state index in [1.165, 1.54) is 0 Å². The maximum atomic E-state index is 9.92. The van der Waals surface area contributed by atoms with Gasteiger partial charge in [-0.15, -0.1) is 20.2 Å². The first-order valence-electron chi connectivity index (χ1n) is 1.76. The van der Waals surface area contributed by atoms with Gasteiger partial charge in [-0.2, -0.15) is 17.0 Å². The van der Waals surface area contributed by atoms with Crippen molar-refractivity contribution in [2.75, 3.05) is 0 Å². The Labute approximate surface area is 82.2 Å². The van der Waals surface area contributed by atoms with Crippen LogP contribution in [0.25, 0.3) is 0 Å². The maximum Gasteiger partial charge on any atom is 2.00 e. The van der Waals surface area contributed by atoms with Crippen LogP contribution in [0.2, 0.25) is 0 Å². The van der Waals surface area contributed by atoms with Crippen LogP contribution >= 0.6 is 0 Å². The normalized spacial score (nSPS) is 9.33. The second-order valence-corrected chi connectivity index (χ2v) is 2.12. The molecule has 76 valence electrons. The Bertz CT molecular complexity index is 251. The second-order valence-electron chi connectivity index (χ2n) is 1.00. The molecular formula is H2N2O8PtS. The van der Waals surface area contributed by atoms with Crippen molar-refractivity contribution in [3.63, 3.8) is 0 Å². The molecule has 0 aliphatic heterocycles. The monoisotopic (exact) mass is 385 g/mol. The van der Waals surface area contributed by atoms with E-state index >= 15 is 0 Å². The molecule has 0 saturated heterocycles. The van der Waals surface area contributed by atoms with Crippen molar-refractivity contribution < 1.29 is 51.1 Å². The molecule has 10 nitrogen and oxygen atoms in total. The molecule has 0 aromatic rings. The molecule has 0 atom stereocenters. The van der Waals surface area contributed by atoms with E-state index in [9.17, 15) is 28.6 Å². The van der Waals surface area contributed by atoms with E-state index in [0.717, 1.165) is 0 Å². The van der Waals surface area contributed by atoms with Crippen LogP contribution in [0.4, 0.5) is 0 Å². The molecule has 0 saturated carbocycles. The van der Waals surface area contributed by atoms with Crippen molar-refractivity contribution in [3.05, 3.63) is 20.2 Å². The Morgan fingerprint density at radius 2 is 1.33 bits per heavy atom. The van der Waals surface area contributed by atoms with Gasteiger partial charge in [-0.1, -0.05) is 0 Å². The summed E-state index contributed by atoms with van der Waals surface area (Å²) in [5.41, 5.74) is 0. The van der Waals surface area contributed by atoms with Gasteiger partial charge in [0.2, 0.25) is 0 Å². The Kier molecular flexibility index (Phi) is 5.47. The number of rotatable bonds is 4. The van der Waals surface area contributed by atoms with Crippen LogP contribution in [0.15, 0.2) is 0 Å². The van der Waals surface area contributed by atoms with Crippen molar-refractivity contribution in [2.45, 2.75) is 0 Å². The van der Waals surface area contributed by atoms with Gasteiger partial charge in [0, 0.05) is 0 Å². The quantitative estimate of drug-likeness (QED) is 0.438. The zero-order valence-corrected chi connectivity index (χ0v) is 7.97. The number of hydrogen-bond acceptors (Lipinski definition) is 8. The van der Waals surface area contributed by atoms with Gasteiger partial charge in [0.1, 0.15) is 0 Å². The summed E-state index contributed by atoms with van der Waals surface area (Å²) in [5.74, 6) is 0. The fourth-order valence-corrected chi connectivity index (χ4v) is 0.488. The third-order valence-electron chi connectivity index (χ3n) is 0.304. The zero-order valence-electron chi connectivity index (χ0n) is 6.88. The van der Waals surface area contributed by atoms with E-state index in [1.54, 1.807) is 0 Å². The van der Waals surface area contributed by atoms with Gasteiger partial charge in [0.05, 0.1) is 0 Å².